The number of hydrogen-bond acceptors (Lipinski definition) is 8. The summed E-state index contributed by atoms with van der Waals surface area (Å²) in [4.78, 5) is 7.88. The van der Waals surface area contributed by atoms with Gasteiger partial charge < -0.3 is 14.2 Å². The lowest BCUT2D eigenvalue weighted by Gasteiger charge is -2.23. The molecule has 1 saturated heterocycles. The van der Waals surface area contributed by atoms with Crippen LogP contribution >= 0.6 is 11.6 Å². The Kier molecular flexibility index (Phi) is 7.56. The fourth-order valence-corrected chi connectivity index (χ4v) is 5.69. The Balaban J connectivity index is 1.38. The monoisotopic (exact) mass is 579 g/mol. The van der Waals surface area contributed by atoms with E-state index < -0.39 is 38.0 Å². The van der Waals surface area contributed by atoms with Crippen molar-refractivity contribution in [2.45, 2.75) is 43.9 Å². The predicted octanol–water partition coefficient (Wildman–Crippen LogP) is 5.15. The summed E-state index contributed by atoms with van der Waals surface area (Å²) in [5.41, 5.74) is 1.37. The molecule has 39 heavy (non-hydrogen) atoms. The average molecular weight is 580 g/mol. The minimum absolute atomic E-state index is 0.0254. The van der Waals surface area contributed by atoms with E-state index in [4.69, 9.17) is 25.8 Å². The molecule has 206 valence electrons. The van der Waals surface area contributed by atoms with Gasteiger partial charge in [0.1, 0.15) is 6.61 Å². The molecule has 1 unspecified atom stereocenters. The van der Waals surface area contributed by atoms with Gasteiger partial charge in [-0.05, 0) is 50.5 Å². The van der Waals surface area contributed by atoms with Crippen molar-refractivity contribution in [1.29, 1.82) is 0 Å². The number of halogens is 3. The lowest BCUT2D eigenvalue weighted by molar-refractivity contribution is -0.0371. The first kappa shape index (κ1) is 27.0. The first-order valence-corrected chi connectivity index (χ1v) is 13.8. The molecule has 1 aliphatic heterocycles. The minimum Gasteiger partial charge on any atom is -0.483 e. The summed E-state index contributed by atoms with van der Waals surface area (Å²) in [7, 11) is -3.18. The van der Waals surface area contributed by atoms with E-state index in [1.54, 1.807) is 10.7 Å². The van der Waals surface area contributed by atoms with Crippen LogP contribution in [0, 0.1) is 18.6 Å². The molecule has 0 spiro atoms. The van der Waals surface area contributed by atoms with Gasteiger partial charge in [0.15, 0.2) is 34.2 Å². The summed E-state index contributed by atoms with van der Waals surface area (Å²) in [5.74, 6) is -3.25. The van der Waals surface area contributed by atoms with E-state index >= 15 is 4.39 Å². The van der Waals surface area contributed by atoms with Crippen LogP contribution in [0.4, 0.5) is 14.5 Å². The number of methoxy groups -OCH3 is 1. The van der Waals surface area contributed by atoms with E-state index in [0.29, 0.717) is 17.8 Å². The highest BCUT2D eigenvalue weighted by atomic mass is 35.5. The van der Waals surface area contributed by atoms with Crippen LogP contribution in [-0.4, -0.2) is 41.9 Å². The molecule has 1 fully saturated rings. The topological polar surface area (TPSA) is 117 Å². The second-order valence-corrected chi connectivity index (χ2v) is 10.9. The largest absolute Gasteiger partial charge is 0.483 e. The predicted molar refractivity (Wildman–Crippen MR) is 138 cm³/mol. The maximum Gasteiger partial charge on any atom is 0.267 e. The summed E-state index contributed by atoms with van der Waals surface area (Å²) in [5, 5.41) is 5.36. The number of sulfonamides is 1. The summed E-state index contributed by atoms with van der Waals surface area (Å²) in [6, 6.07) is 4.72. The molecule has 3 aromatic heterocycles. The maximum atomic E-state index is 15.3. The second kappa shape index (κ2) is 10.9. The zero-order chi connectivity index (χ0) is 27.7. The average Bonchev–Trinajstić information content (AvgIpc) is 3.26. The van der Waals surface area contributed by atoms with E-state index in [0.717, 1.165) is 48.5 Å². The summed E-state index contributed by atoms with van der Waals surface area (Å²) < 4.78 is 75.7. The molecule has 4 aromatic rings. The van der Waals surface area contributed by atoms with Gasteiger partial charge in [-0.2, -0.15) is 5.10 Å². The van der Waals surface area contributed by atoms with E-state index in [1.165, 1.54) is 19.5 Å². The second-order valence-electron chi connectivity index (χ2n) is 8.86. The first-order valence-electron chi connectivity index (χ1n) is 12.0. The van der Waals surface area contributed by atoms with Gasteiger partial charge >= 0.3 is 0 Å². The molecular weight excluding hydrogens is 556 g/mol. The Bertz CT molecular complexity index is 1640. The Morgan fingerprint density at radius 1 is 1.21 bits per heavy atom. The molecule has 0 bridgehead atoms. The highest BCUT2D eigenvalue weighted by Gasteiger charge is 2.25. The summed E-state index contributed by atoms with van der Waals surface area (Å²) in [6.45, 7) is 2.27. The van der Waals surface area contributed by atoms with E-state index in [2.05, 4.69) is 19.8 Å². The number of fused-ring (bicyclic) bond motifs is 1. The van der Waals surface area contributed by atoms with Gasteiger partial charge in [-0.1, -0.05) is 11.6 Å². The van der Waals surface area contributed by atoms with Gasteiger partial charge in [-0.25, -0.2) is 31.8 Å². The molecule has 1 aliphatic rings. The quantitative estimate of drug-likeness (QED) is 0.304. The summed E-state index contributed by atoms with van der Waals surface area (Å²) in [6.07, 6.45) is 5.41. The van der Waals surface area contributed by atoms with Gasteiger partial charge in [-0.3, -0.25) is 4.72 Å². The smallest absolute Gasteiger partial charge is 0.267 e. The number of nitrogens with zero attached hydrogens (tertiary/aromatic N) is 4. The van der Waals surface area contributed by atoms with Crippen molar-refractivity contribution in [3.63, 3.8) is 0 Å². The highest BCUT2D eigenvalue weighted by Crippen LogP contribution is 2.33. The molecule has 0 saturated carbocycles. The van der Waals surface area contributed by atoms with Gasteiger partial charge in [0.25, 0.3) is 10.0 Å². The van der Waals surface area contributed by atoms with Crippen LogP contribution in [0.15, 0.2) is 41.6 Å². The number of rotatable bonds is 8. The van der Waals surface area contributed by atoms with Crippen LogP contribution in [0.3, 0.4) is 0 Å². The van der Waals surface area contributed by atoms with Crippen LogP contribution in [0.2, 0.25) is 5.02 Å². The van der Waals surface area contributed by atoms with Crippen molar-refractivity contribution in [1.82, 2.24) is 19.7 Å². The van der Waals surface area contributed by atoms with Gasteiger partial charge in [-0.15, -0.1) is 0 Å². The van der Waals surface area contributed by atoms with Crippen molar-refractivity contribution in [3.05, 3.63) is 64.6 Å². The Hall–Kier alpha value is -3.55. The molecule has 5 rings (SSSR count). The minimum atomic E-state index is -4.40. The van der Waals surface area contributed by atoms with Gasteiger partial charge in [0.2, 0.25) is 5.88 Å². The van der Waals surface area contributed by atoms with Crippen LogP contribution in [0.5, 0.6) is 11.6 Å². The van der Waals surface area contributed by atoms with Crippen molar-refractivity contribution in [2.24, 2.45) is 0 Å². The highest BCUT2D eigenvalue weighted by molar-refractivity contribution is 7.92. The van der Waals surface area contributed by atoms with E-state index in [-0.39, 0.29) is 23.7 Å². The maximum absolute atomic E-state index is 15.3. The lowest BCUT2D eigenvalue weighted by Crippen LogP contribution is -2.19. The van der Waals surface area contributed by atoms with Crippen LogP contribution in [-0.2, 0) is 21.4 Å². The Labute approximate surface area is 227 Å². The van der Waals surface area contributed by atoms with Crippen molar-refractivity contribution < 1.29 is 31.4 Å². The molecule has 4 heterocycles. The number of anilines is 1. The van der Waals surface area contributed by atoms with Gasteiger partial charge in [0.05, 0.1) is 23.5 Å². The van der Waals surface area contributed by atoms with Crippen LogP contribution < -0.4 is 14.2 Å². The Morgan fingerprint density at radius 2 is 2.03 bits per heavy atom. The third kappa shape index (κ3) is 5.47. The number of ether oxygens (including phenoxy) is 3. The third-order valence-corrected chi connectivity index (χ3v) is 7.73. The standard InChI is InChI=1S/C25H24ClF2N5O5S/c1-14-17-9-15(11-29-24(17)33(31-14)21-5-3-4-8-37-21)13-38-23-18(27)6-7-19(22(23)28)32-39(34,35)20-10-16(26)12-30-25(20)36-2/h6-7,9-12,21,32H,3-5,8,13H2,1-2H3. The number of aromatic nitrogens is 4. The summed E-state index contributed by atoms with van der Waals surface area (Å²) >= 11 is 5.88. The zero-order valence-corrected chi connectivity index (χ0v) is 22.5. The molecular formula is C25H24ClF2N5O5S. The fourth-order valence-electron chi connectivity index (χ4n) is 4.26. The van der Waals surface area contributed by atoms with Crippen molar-refractivity contribution in [3.8, 4) is 11.6 Å². The van der Waals surface area contributed by atoms with Crippen LogP contribution in [0.25, 0.3) is 11.0 Å². The van der Waals surface area contributed by atoms with E-state index in [9.17, 15) is 12.8 Å². The number of benzene rings is 1. The molecule has 1 aromatic carbocycles. The van der Waals surface area contributed by atoms with Crippen molar-refractivity contribution >= 4 is 38.3 Å². The molecule has 1 atom stereocenters. The van der Waals surface area contributed by atoms with E-state index in [1.807, 2.05) is 6.92 Å². The Morgan fingerprint density at radius 3 is 2.77 bits per heavy atom. The first-order chi connectivity index (χ1) is 18.7. The SMILES string of the molecule is COc1ncc(Cl)cc1S(=O)(=O)Nc1ccc(F)c(OCc2cnc3c(c2)c(C)nn3C2CCCCO2)c1F. The normalized spacial score (nSPS) is 15.9. The van der Waals surface area contributed by atoms with Gasteiger partial charge in [0, 0.05) is 30.0 Å². The number of hydrogen-bond donors (Lipinski definition) is 1. The molecule has 0 aliphatic carbocycles. The molecule has 1 N–H and O–H groups in total. The lowest BCUT2D eigenvalue weighted by atomic mass is 10.2. The van der Waals surface area contributed by atoms with Crippen LogP contribution in [0.1, 0.15) is 36.7 Å². The number of nitrogens with one attached hydrogen (secondary N) is 1. The number of pyridine rings is 2. The van der Waals surface area contributed by atoms with Crippen molar-refractivity contribution in [2.75, 3.05) is 18.4 Å². The molecule has 0 radical (unpaired) electrons. The zero-order valence-electron chi connectivity index (χ0n) is 20.9. The fraction of sp³-hybridized carbons (Fsp3) is 0.320. The molecule has 10 nitrogen and oxygen atoms in total. The molecule has 14 heteroatoms. The number of aryl methyl sites for hydroxylation is 1. The molecule has 0 amide bonds. The third-order valence-electron chi connectivity index (χ3n) is 6.16.